The smallest absolute Gasteiger partial charge is 0.000505 e. The minimum Gasteiger partial charge on any atom is -0.810 e. The van der Waals surface area contributed by atoms with Gasteiger partial charge in [-0.05, 0) is 29.9 Å². The van der Waals surface area contributed by atoms with Gasteiger partial charge in [0.05, 0.1) is 0 Å². The molecule has 0 aliphatic rings. The molecule has 23 heavy (non-hydrogen) atoms. The zero-order valence-electron chi connectivity index (χ0n) is 14.6. The van der Waals surface area contributed by atoms with E-state index in [9.17, 15) is 14.4 Å². The van der Waals surface area contributed by atoms with Crippen molar-refractivity contribution in [2.75, 3.05) is 0 Å². The molecule has 0 aliphatic heterocycles. The van der Waals surface area contributed by atoms with Crippen molar-refractivity contribution in [3.8, 4) is 0 Å². The number of rotatable bonds is 12. The van der Waals surface area contributed by atoms with Crippen molar-refractivity contribution in [1.82, 2.24) is 0 Å². The molecule has 0 aromatic heterocycles. The highest BCUT2D eigenvalue weighted by Gasteiger charge is 2.15. The third kappa shape index (κ3) is 8.69. The summed E-state index contributed by atoms with van der Waals surface area (Å²) in [5.74, 6) is 0.374. The summed E-state index contributed by atoms with van der Waals surface area (Å²) in [5.41, 5.74) is 1.78. The summed E-state index contributed by atoms with van der Waals surface area (Å²) in [7, 11) is -4.52. The molecule has 1 unspecified atom stereocenters. The molecule has 0 N–H and O–H groups in total. The van der Waals surface area contributed by atoms with Crippen LogP contribution >= 0.6 is 7.60 Å². The number of unbranched alkanes of at least 4 members (excludes halogenated alkanes) is 5. The monoisotopic (exact) mass is 338 g/mol. The normalized spacial score (nSPS) is 13.2. The van der Waals surface area contributed by atoms with Gasteiger partial charge in [0.2, 0.25) is 0 Å². The van der Waals surface area contributed by atoms with E-state index in [2.05, 4.69) is 13.8 Å². The molecule has 0 spiro atoms. The lowest BCUT2D eigenvalue weighted by atomic mass is 9.86. The van der Waals surface area contributed by atoms with Gasteiger partial charge in [0, 0.05) is 6.16 Å². The van der Waals surface area contributed by atoms with Crippen LogP contribution < -0.4 is 9.79 Å². The van der Waals surface area contributed by atoms with Crippen LogP contribution in [0.5, 0.6) is 0 Å². The quantitative estimate of drug-likeness (QED) is 0.409. The second-order valence-electron chi connectivity index (χ2n) is 6.51. The van der Waals surface area contributed by atoms with E-state index in [-0.39, 0.29) is 6.16 Å². The summed E-state index contributed by atoms with van der Waals surface area (Å²) in [4.78, 5) is 22.4. The molecule has 132 valence electrons. The number of hydrogen-bond donors (Lipinski definition) is 0. The van der Waals surface area contributed by atoms with Crippen molar-refractivity contribution in [3.05, 3.63) is 35.4 Å². The molecule has 0 saturated carbocycles. The Morgan fingerprint density at radius 1 is 0.913 bits per heavy atom. The van der Waals surface area contributed by atoms with Gasteiger partial charge in [-0.25, -0.2) is 0 Å². The summed E-state index contributed by atoms with van der Waals surface area (Å²) in [5, 5.41) is 0. The van der Waals surface area contributed by atoms with E-state index >= 15 is 0 Å². The topological polar surface area (TPSA) is 63.2 Å². The molecule has 0 aliphatic carbocycles. The highest BCUT2D eigenvalue weighted by molar-refractivity contribution is 7.47. The molecule has 1 atom stereocenters. The second-order valence-corrected chi connectivity index (χ2v) is 8.05. The number of hydrogen-bond acceptors (Lipinski definition) is 3. The average molecular weight is 338 g/mol. The minimum absolute atomic E-state index is 0.359. The van der Waals surface area contributed by atoms with Crippen LogP contribution in [0.25, 0.3) is 0 Å². The van der Waals surface area contributed by atoms with Gasteiger partial charge >= 0.3 is 0 Å². The van der Waals surface area contributed by atoms with Crippen LogP contribution in [0.3, 0.4) is 0 Å². The Balaban J connectivity index is 2.78. The van der Waals surface area contributed by atoms with E-state index in [1.165, 1.54) is 32.1 Å². The largest absolute Gasteiger partial charge is 0.810 e. The summed E-state index contributed by atoms with van der Waals surface area (Å²) in [6.07, 6.45) is 10.3. The first-order valence-electron chi connectivity index (χ1n) is 9.06. The van der Waals surface area contributed by atoms with Crippen molar-refractivity contribution < 1.29 is 14.4 Å². The maximum atomic E-state index is 11.2. The predicted molar refractivity (Wildman–Crippen MR) is 93.4 cm³/mol. The molecule has 0 amide bonds. The standard InChI is InChI=1S/C19H33O3P/c1-3-5-7-8-9-13-17(12-6-4-2)19-15-11-10-14-18(19)16-23(20,21)22/h10-11,14-15,17H,3-9,12-13,16H2,1-2H3,(H2,20,21,22)/p-2. The zero-order chi connectivity index (χ0) is 17.1. The summed E-state index contributed by atoms with van der Waals surface area (Å²) in [6, 6.07) is 7.59. The van der Waals surface area contributed by atoms with E-state index in [1.54, 1.807) is 6.07 Å². The van der Waals surface area contributed by atoms with Gasteiger partial charge in [-0.2, -0.15) is 0 Å². The maximum Gasteiger partial charge on any atom is 0.000505 e. The van der Waals surface area contributed by atoms with E-state index in [4.69, 9.17) is 0 Å². The van der Waals surface area contributed by atoms with Crippen molar-refractivity contribution in [2.45, 2.75) is 83.7 Å². The van der Waals surface area contributed by atoms with E-state index < -0.39 is 7.60 Å². The molecule has 0 fully saturated rings. The molecule has 1 rings (SSSR count). The van der Waals surface area contributed by atoms with Gasteiger partial charge in [0.1, 0.15) is 0 Å². The van der Waals surface area contributed by atoms with Gasteiger partial charge in [-0.15, -0.1) is 0 Å². The summed E-state index contributed by atoms with van der Waals surface area (Å²) in [6.45, 7) is 4.39. The number of benzene rings is 1. The van der Waals surface area contributed by atoms with Gasteiger partial charge in [0.15, 0.2) is 0 Å². The molecular weight excluding hydrogens is 307 g/mol. The fourth-order valence-electron chi connectivity index (χ4n) is 3.19. The van der Waals surface area contributed by atoms with Crippen molar-refractivity contribution in [1.29, 1.82) is 0 Å². The molecule has 1 aromatic carbocycles. The highest BCUT2D eigenvalue weighted by Crippen LogP contribution is 2.36. The Hall–Kier alpha value is -0.630. The summed E-state index contributed by atoms with van der Waals surface area (Å²) >= 11 is 0. The van der Waals surface area contributed by atoms with Crippen molar-refractivity contribution in [2.24, 2.45) is 0 Å². The molecule has 0 radical (unpaired) electrons. The van der Waals surface area contributed by atoms with Crippen LogP contribution in [0.15, 0.2) is 24.3 Å². The molecule has 0 heterocycles. The van der Waals surface area contributed by atoms with Crippen LogP contribution in [0.2, 0.25) is 0 Å². The zero-order valence-corrected chi connectivity index (χ0v) is 15.5. The Bertz CT molecular complexity index is 481. The van der Waals surface area contributed by atoms with Crippen molar-refractivity contribution >= 4 is 7.60 Å². The third-order valence-corrected chi connectivity index (χ3v) is 5.15. The molecule has 0 bridgehead atoms. The fraction of sp³-hybridized carbons (Fsp3) is 0.684. The lowest BCUT2D eigenvalue weighted by Gasteiger charge is -2.31. The van der Waals surface area contributed by atoms with E-state index in [0.717, 1.165) is 31.2 Å². The van der Waals surface area contributed by atoms with Gasteiger partial charge in [-0.1, -0.05) is 90.7 Å². The Morgan fingerprint density at radius 3 is 2.17 bits per heavy atom. The van der Waals surface area contributed by atoms with Crippen LogP contribution in [0.1, 0.15) is 88.7 Å². The lowest BCUT2D eigenvalue weighted by molar-refractivity contribution is -0.314. The predicted octanol–water partition coefficient (Wildman–Crippen LogP) is 4.73. The SMILES string of the molecule is CCCCCCCC(CCCC)c1ccccc1CP(=O)([O-])[O-]. The Kier molecular flexibility index (Phi) is 9.78. The van der Waals surface area contributed by atoms with Crippen LogP contribution in [-0.4, -0.2) is 0 Å². The average Bonchev–Trinajstić information content (AvgIpc) is 2.49. The first-order valence-corrected chi connectivity index (χ1v) is 10.8. The molecule has 3 nitrogen and oxygen atoms in total. The fourth-order valence-corrected chi connectivity index (χ4v) is 3.89. The van der Waals surface area contributed by atoms with Gasteiger partial charge in [-0.3, -0.25) is 0 Å². The maximum absolute atomic E-state index is 11.2. The second kappa shape index (κ2) is 11.0. The van der Waals surface area contributed by atoms with E-state index in [0.29, 0.717) is 11.5 Å². The van der Waals surface area contributed by atoms with Crippen LogP contribution in [0, 0.1) is 0 Å². The van der Waals surface area contributed by atoms with Crippen LogP contribution in [0.4, 0.5) is 0 Å². The minimum atomic E-state index is -4.52. The van der Waals surface area contributed by atoms with Crippen LogP contribution in [-0.2, 0) is 10.7 Å². The lowest BCUT2D eigenvalue weighted by Crippen LogP contribution is -2.16. The Labute approximate surface area is 141 Å². The molecule has 0 saturated heterocycles. The Morgan fingerprint density at radius 2 is 1.52 bits per heavy atom. The summed E-state index contributed by atoms with van der Waals surface area (Å²) < 4.78 is 11.2. The van der Waals surface area contributed by atoms with Gasteiger partial charge in [0.25, 0.3) is 0 Å². The van der Waals surface area contributed by atoms with Gasteiger partial charge < -0.3 is 14.4 Å². The first kappa shape index (κ1) is 20.4. The third-order valence-electron chi connectivity index (χ3n) is 4.42. The molecular formula is C19H31O3P-2. The first-order chi connectivity index (χ1) is 11.0. The highest BCUT2D eigenvalue weighted by atomic mass is 31.2. The van der Waals surface area contributed by atoms with Crippen molar-refractivity contribution in [3.63, 3.8) is 0 Å². The molecule has 4 heteroatoms. The van der Waals surface area contributed by atoms with E-state index in [1.807, 2.05) is 18.2 Å². The molecule has 1 aromatic rings.